The van der Waals surface area contributed by atoms with Crippen LogP contribution in [0.2, 0.25) is 0 Å². The van der Waals surface area contributed by atoms with E-state index in [4.69, 9.17) is 4.74 Å². The molecule has 4 saturated carbocycles. The van der Waals surface area contributed by atoms with Crippen LogP contribution in [0.15, 0.2) is 42.0 Å². The molecule has 5 aliphatic carbocycles. The van der Waals surface area contributed by atoms with E-state index in [1.54, 1.807) is 0 Å². The third kappa shape index (κ3) is 4.54. The van der Waals surface area contributed by atoms with Gasteiger partial charge in [-0.25, -0.2) is 0 Å². The molecule has 4 fully saturated rings. The van der Waals surface area contributed by atoms with Crippen molar-refractivity contribution in [2.75, 3.05) is 6.61 Å². The zero-order chi connectivity index (χ0) is 31.1. The second-order valence-electron chi connectivity index (χ2n) is 17.4. The molecule has 1 aromatic carbocycles. The first-order valence-electron chi connectivity index (χ1n) is 17.3. The number of carboxylic acid groups (broad SMARTS) is 1. The number of fused-ring (bicyclic) bond motifs is 7. The van der Waals surface area contributed by atoms with Crippen LogP contribution in [-0.4, -0.2) is 29.6 Å². The summed E-state index contributed by atoms with van der Waals surface area (Å²) in [5.74, 6) is 0.261. The van der Waals surface area contributed by atoms with Crippen LogP contribution >= 0.6 is 0 Å². The molecule has 43 heavy (non-hydrogen) atoms. The van der Waals surface area contributed by atoms with Gasteiger partial charge in [0.25, 0.3) is 0 Å². The van der Waals surface area contributed by atoms with E-state index in [0.29, 0.717) is 18.1 Å². The van der Waals surface area contributed by atoms with Crippen molar-refractivity contribution >= 4 is 11.8 Å². The lowest BCUT2D eigenvalue weighted by Crippen LogP contribution is -2.66. The zero-order valence-electron chi connectivity index (χ0n) is 27.9. The monoisotopic (exact) mass is 588 g/mol. The Morgan fingerprint density at radius 2 is 1.60 bits per heavy atom. The Balaban J connectivity index is 1.26. The molecule has 4 nitrogen and oxygen atoms in total. The van der Waals surface area contributed by atoms with Gasteiger partial charge in [0.15, 0.2) is 5.78 Å². The summed E-state index contributed by atoms with van der Waals surface area (Å²) < 4.78 is 6.67. The zero-order valence-corrected chi connectivity index (χ0v) is 27.9. The van der Waals surface area contributed by atoms with E-state index in [1.165, 1.54) is 11.1 Å². The lowest BCUT2D eigenvalue weighted by atomic mass is 9.33. The minimum Gasteiger partial charge on any atom is -0.481 e. The van der Waals surface area contributed by atoms with E-state index in [1.807, 2.05) is 6.92 Å². The van der Waals surface area contributed by atoms with Crippen molar-refractivity contribution < 1.29 is 19.4 Å². The molecule has 1 aromatic rings. The van der Waals surface area contributed by atoms with Gasteiger partial charge < -0.3 is 9.84 Å². The molecule has 5 aliphatic rings. The molecule has 0 radical (unpaired) electrons. The van der Waals surface area contributed by atoms with Crippen LogP contribution in [0.3, 0.4) is 0 Å². The van der Waals surface area contributed by atoms with E-state index >= 15 is 0 Å². The molecule has 6 rings (SSSR count). The average Bonchev–Trinajstić information content (AvgIpc) is 2.94. The third-order valence-corrected chi connectivity index (χ3v) is 14.8. The summed E-state index contributed by atoms with van der Waals surface area (Å²) in [6, 6.07) is 10.7. The molecule has 0 saturated heterocycles. The fraction of sp³-hybridized carbons (Fsp3) is 0.744. The first-order chi connectivity index (χ1) is 20.1. The number of ether oxygens (including phenoxy) is 1. The van der Waals surface area contributed by atoms with E-state index in [0.717, 1.165) is 70.8 Å². The molecular formula is C39H56O4. The van der Waals surface area contributed by atoms with Gasteiger partial charge in [-0.05, 0) is 128 Å². The Morgan fingerprint density at radius 1 is 0.907 bits per heavy atom. The summed E-state index contributed by atoms with van der Waals surface area (Å²) in [5, 5.41) is 10.2. The van der Waals surface area contributed by atoms with Crippen LogP contribution in [-0.2, 0) is 20.7 Å². The van der Waals surface area contributed by atoms with Crippen molar-refractivity contribution in [1.29, 1.82) is 0 Å². The average molecular weight is 589 g/mol. The highest BCUT2D eigenvalue weighted by Gasteiger charge is 2.70. The van der Waals surface area contributed by atoms with Crippen LogP contribution in [0.5, 0.6) is 0 Å². The Bertz CT molecular complexity index is 1300. The number of allylic oxidation sites excluding steroid dienone is 2. The molecule has 0 aliphatic heterocycles. The summed E-state index contributed by atoms with van der Waals surface area (Å²) in [7, 11) is 0. The Kier molecular flexibility index (Phi) is 7.43. The smallest absolute Gasteiger partial charge is 0.309 e. The second-order valence-corrected chi connectivity index (χ2v) is 17.4. The Morgan fingerprint density at radius 3 is 2.30 bits per heavy atom. The molecule has 0 amide bonds. The van der Waals surface area contributed by atoms with Crippen LogP contribution in [0.25, 0.3) is 0 Å². The molecule has 0 bridgehead atoms. The van der Waals surface area contributed by atoms with Gasteiger partial charge in [-0.1, -0.05) is 77.4 Å². The predicted octanol–water partition coefficient (Wildman–Crippen LogP) is 9.07. The van der Waals surface area contributed by atoms with E-state index in [2.05, 4.69) is 78.0 Å². The number of ketones is 1. The number of aliphatic carboxylic acids is 1. The maximum Gasteiger partial charge on any atom is 0.309 e. The first-order valence-corrected chi connectivity index (χ1v) is 17.3. The fourth-order valence-electron chi connectivity index (χ4n) is 11.8. The number of carboxylic acids is 1. The van der Waals surface area contributed by atoms with Crippen molar-refractivity contribution in [2.24, 2.45) is 50.2 Å². The normalized spacial score (nSPS) is 45.2. The minimum absolute atomic E-state index is 0.00403. The summed E-state index contributed by atoms with van der Waals surface area (Å²) in [6.07, 6.45) is 13.2. The van der Waals surface area contributed by atoms with E-state index < -0.39 is 11.4 Å². The van der Waals surface area contributed by atoms with E-state index in [9.17, 15) is 14.7 Å². The Hall–Kier alpha value is -1.94. The van der Waals surface area contributed by atoms with E-state index in [-0.39, 0.29) is 45.0 Å². The summed E-state index contributed by atoms with van der Waals surface area (Å²) in [5.41, 5.74) is 1.80. The lowest BCUT2D eigenvalue weighted by molar-refractivity contribution is -0.209. The molecule has 2 unspecified atom stereocenters. The van der Waals surface area contributed by atoms with Crippen molar-refractivity contribution in [1.82, 2.24) is 0 Å². The Labute approximate surface area is 260 Å². The maximum absolute atomic E-state index is 14.6. The number of benzene rings is 1. The molecular weight excluding hydrogens is 532 g/mol. The predicted molar refractivity (Wildman–Crippen MR) is 172 cm³/mol. The van der Waals surface area contributed by atoms with Crippen molar-refractivity contribution in [3.63, 3.8) is 0 Å². The molecule has 0 heterocycles. The van der Waals surface area contributed by atoms with Crippen molar-refractivity contribution in [2.45, 2.75) is 125 Å². The standard InChI is InChI=1S/C39H56O4/c1-34(2)30-15-18-39(7)32(37(30,5)17-16-31(34)43-23-11-14-26-12-9-8-10-13-26)29(40)24-27-28-25-36(4,33(41)42)20-19-35(28,3)21-22-38(27,39)6/h8-10,12-13,24,28,30-32H,11,14-23,25H2,1-7H3,(H,41,42)/t28-,30?,31-,32?,35+,36-,37-,38+,39+/m0/s1. The highest BCUT2D eigenvalue weighted by atomic mass is 16.5. The molecule has 0 spiro atoms. The quantitative estimate of drug-likeness (QED) is 0.337. The number of carbonyl (C=O) groups excluding carboxylic acids is 1. The minimum atomic E-state index is -0.711. The topological polar surface area (TPSA) is 63.6 Å². The molecule has 4 heteroatoms. The maximum atomic E-state index is 14.6. The van der Waals surface area contributed by atoms with Gasteiger partial charge in [-0.2, -0.15) is 0 Å². The van der Waals surface area contributed by atoms with Crippen LogP contribution in [0.4, 0.5) is 0 Å². The van der Waals surface area contributed by atoms with Crippen molar-refractivity contribution in [3.8, 4) is 0 Å². The van der Waals surface area contributed by atoms with Crippen LogP contribution in [0, 0.1) is 50.2 Å². The number of hydrogen-bond acceptors (Lipinski definition) is 3. The number of aryl methyl sites for hydroxylation is 1. The van der Waals surface area contributed by atoms with Crippen LogP contribution in [0.1, 0.15) is 118 Å². The van der Waals surface area contributed by atoms with Gasteiger partial charge in [0, 0.05) is 12.5 Å². The molecule has 9 atom stereocenters. The van der Waals surface area contributed by atoms with Gasteiger partial charge in [-0.15, -0.1) is 0 Å². The molecule has 0 aromatic heterocycles. The second kappa shape index (κ2) is 10.3. The van der Waals surface area contributed by atoms with Gasteiger partial charge in [0.2, 0.25) is 0 Å². The first kappa shape index (κ1) is 31.1. The SMILES string of the molecule is CC1(C)C2CC[C@]3(C)C(C(=O)C=C4[C@@H]5C[C@@](C)(C(=O)O)CC[C@]5(C)CC[C@]43C)[C@@]2(C)CC[C@@H]1OCCCc1ccccc1. The summed E-state index contributed by atoms with van der Waals surface area (Å²) in [6.45, 7) is 17.3. The third-order valence-electron chi connectivity index (χ3n) is 14.8. The van der Waals surface area contributed by atoms with Crippen molar-refractivity contribution in [3.05, 3.63) is 47.5 Å². The van der Waals surface area contributed by atoms with Crippen LogP contribution < -0.4 is 0 Å². The summed E-state index contributed by atoms with van der Waals surface area (Å²) >= 11 is 0. The lowest BCUT2D eigenvalue weighted by Gasteiger charge is -2.70. The molecule has 236 valence electrons. The number of rotatable bonds is 6. The van der Waals surface area contributed by atoms with Gasteiger partial charge >= 0.3 is 5.97 Å². The number of hydrogen-bond donors (Lipinski definition) is 1. The largest absolute Gasteiger partial charge is 0.481 e. The highest BCUT2D eigenvalue weighted by Crippen LogP contribution is 2.75. The van der Waals surface area contributed by atoms with Gasteiger partial charge in [0.05, 0.1) is 11.5 Å². The summed E-state index contributed by atoms with van der Waals surface area (Å²) in [4.78, 5) is 27.0. The molecule has 1 N–H and O–H groups in total. The number of carbonyl (C=O) groups is 2. The van der Waals surface area contributed by atoms with Gasteiger partial charge in [-0.3, -0.25) is 9.59 Å². The fourth-order valence-corrected chi connectivity index (χ4v) is 11.8. The highest BCUT2D eigenvalue weighted by molar-refractivity contribution is 5.95. The van der Waals surface area contributed by atoms with Gasteiger partial charge in [0.1, 0.15) is 0 Å².